The molecule has 7 heteroatoms. The molecule has 100 valence electrons. The van der Waals surface area contributed by atoms with Gasteiger partial charge < -0.3 is 5.11 Å². The highest BCUT2D eigenvalue weighted by molar-refractivity contribution is 9.10. The molecular formula is C11H15BrN2O3S. The van der Waals surface area contributed by atoms with Crippen molar-refractivity contribution in [3.63, 3.8) is 0 Å². The Morgan fingerprint density at radius 2 is 2.17 bits per heavy atom. The molecule has 0 bridgehead atoms. The van der Waals surface area contributed by atoms with Crippen LogP contribution in [0, 0.1) is 5.92 Å². The van der Waals surface area contributed by atoms with E-state index in [1.807, 2.05) is 0 Å². The maximum atomic E-state index is 12.2. The van der Waals surface area contributed by atoms with Gasteiger partial charge in [-0.25, -0.2) is 12.7 Å². The van der Waals surface area contributed by atoms with E-state index in [-0.39, 0.29) is 16.9 Å². The molecule has 2 rings (SSSR count). The smallest absolute Gasteiger partial charge is 0.244 e. The van der Waals surface area contributed by atoms with E-state index in [1.165, 1.54) is 16.6 Å². The van der Waals surface area contributed by atoms with Crippen molar-refractivity contribution in [1.29, 1.82) is 0 Å². The van der Waals surface area contributed by atoms with Crippen molar-refractivity contribution in [3.05, 3.63) is 22.9 Å². The van der Waals surface area contributed by atoms with Crippen LogP contribution in [0.5, 0.6) is 0 Å². The largest absolute Gasteiger partial charge is 0.393 e. The number of rotatable bonds is 4. The predicted octanol–water partition coefficient (Wildman–Crippen LogP) is 1.24. The minimum absolute atomic E-state index is 0.180. The Labute approximate surface area is 115 Å². The standard InChI is InChI=1S/C11H15BrN2O3S/c1-14(7-8-2-10(15)3-8)18(16,17)11-4-9(12)5-13-6-11/h4-6,8,10,15H,2-3,7H2,1H3. The number of aliphatic hydroxyl groups excluding tert-OH is 1. The van der Waals surface area contributed by atoms with Crippen LogP contribution in [0.3, 0.4) is 0 Å². The van der Waals surface area contributed by atoms with Gasteiger partial charge in [0.25, 0.3) is 0 Å². The second kappa shape index (κ2) is 5.24. The van der Waals surface area contributed by atoms with Crippen molar-refractivity contribution in [2.24, 2.45) is 5.92 Å². The van der Waals surface area contributed by atoms with Crippen LogP contribution >= 0.6 is 15.9 Å². The minimum atomic E-state index is -3.49. The van der Waals surface area contributed by atoms with E-state index in [2.05, 4.69) is 20.9 Å². The second-order valence-corrected chi connectivity index (χ2v) is 7.58. The van der Waals surface area contributed by atoms with Crippen LogP contribution < -0.4 is 0 Å². The van der Waals surface area contributed by atoms with E-state index >= 15 is 0 Å². The molecule has 1 aromatic heterocycles. The summed E-state index contributed by atoms with van der Waals surface area (Å²) < 4.78 is 26.4. The zero-order valence-electron chi connectivity index (χ0n) is 9.95. The highest BCUT2D eigenvalue weighted by atomic mass is 79.9. The van der Waals surface area contributed by atoms with Crippen molar-refractivity contribution in [1.82, 2.24) is 9.29 Å². The zero-order valence-corrected chi connectivity index (χ0v) is 12.4. The van der Waals surface area contributed by atoms with Gasteiger partial charge in [-0.15, -0.1) is 0 Å². The number of halogens is 1. The molecule has 0 unspecified atom stereocenters. The lowest BCUT2D eigenvalue weighted by atomic mass is 9.82. The lowest BCUT2D eigenvalue weighted by Crippen LogP contribution is -2.39. The van der Waals surface area contributed by atoms with E-state index in [4.69, 9.17) is 0 Å². The van der Waals surface area contributed by atoms with Gasteiger partial charge in [-0.1, -0.05) is 0 Å². The molecule has 0 aliphatic heterocycles. The minimum Gasteiger partial charge on any atom is -0.393 e. The maximum absolute atomic E-state index is 12.2. The first-order valence-corrected chi connectivity index (χ1v) is 7.88. The molecule has 1 saturated carbocycles. The summed E-state index contributed by atoms with van der Waals surface area (Å²) >= 11 is 3.21. The molecule has 0 spiro atoms. The fraction of sp³-hybridized carbons (Fsp3) is 0.545. The van der Waals surface area contributed by atoms with Gasteiger partial charge in [0.15, 0.2) is 0 Å². The van der Waals surface area contributed by atoms with Gasteiger partial charge in [-0.3, -0.25) is 4.98 Å². The molecular weight excluding hydrogens is 320 g/mol. The number of hydrogen-bond donors (Lipinski definition) is 1. The van der Waals surface area contributed by atoms with Crippen LogP contribution in [0.15, 0.2) is 27.8 Å². The molecule has 1 heterocycles. The van der Waals surface area contributed by atoms with E-state index in [1.54, 1.807) is 13.2 Å². The van der Waals surface area contributed by atoms with Crippen molar-refractivity contribution in [2.45, 2.75) is 23.8 Å². The quantitative estimate of drug-likeness (QED) is 0.899. The summed E-state index contributed by atoms with van der Waals surface area (Å²) in [4.78, 5) is 4.05. The Balaban J connectivity index is 2.10. The average molecular weight is 335 g/mol. The van der Waals surface area contributed by atoms with Crippen LogP contribution in [0.25, 0.3) is 0 Å². The van der Waals surface area contributed by atoms with Gasteiger partial charge in [0.2, 0.25) is 10.0 Å². The average Bonchev–Trinajstić information content (AvgIpc) is 2.26. The highest BCUT2D eigenvalue weighted by Crippen LogP contribution is 2.29. The van der Waals surface area contributed by atoms with Crippen LogP contribution in [0.4, 0.5) is 0 Å². The Morgan fingerprint density at radius 3 is 2.72 bits per heavy atom. The third kappa shape index (κ3) is 2.90. The predicted molar refractivity (Wildman–Crippen MR) is 70.5 cm³/mol. The Hall–Kier alpha value is -0.500. The Morgan fingerprint density at radius 1 is 1.50 bits per heavy atom. The fourth-order valence-corrected chi connectivity index (χ4v) is 3.78. The van der Waals surface area contributed by atoms with Crippen LogP contribution in [0.2, 0.25) is 0 Å². The number of aromatic nitrogens is 1. The van der Waals surface area contributed by atoms with E-state index in [0.717, 1.165) is 0 Å². The number of aliphatic hydroxyl groups is 1. The zero-order chi connectivity index (χ0) is 13.3. The summed E-state index contributed by atoms with van der Waals surface area (Å²) in [5, 5.41) is 9.20. The molecule has 18 heavy (non-hydrogen) atoms. The summed E-state index contributed by atoms with van der Waals surface area (Å²) in [6.07, 6.45) is 3.97. The molecule has 1 aromatic rings. The molecule has 0 atom stereocenters. The van der Waals surface area contributed by atoms with Gasteiger partial charge in [0.1, 0.15) is 4.90 Å². The normalized spacial score (nSPS) is 24.0. The third-order valence-electron chi connectivity index (χ3n) is 3.11. The number of pyridine rings is 1. The molecule has 1 aliphatic rings. The summed E-state index contributed by atoms with van der Waals surface area (Å²) in [7, 11) is -1.93. The second-order valence-electron chi connectivity index (χ2n) is 4.62. The topological polar surface area (TPSA) is 70.5 Å². The number of nitrogens with zero attached hydrogens (tertiary/aromatic N) is 2. The molecule has 1 N–H and O–H groups in total. The van der Waals surface area contributed by atoms with Gasteiger partial charge in [-0.05, 0) is 40.8 Å². The van der Waals surface area contributed by atoms with Crippen LogP contribution in [-0.4, -0.2) is 42.5 Å². The van der Waals surface area contributed by atoms with Crippen LogP contribution in [0.1, 0.15) is 12.8 Å². The van der Waals surface area contributed by atoms with Crippen molar-refractivity contribution in [3.8, 4) is 0 Å². The lowest BCUT2D eigenvalue weighted by molar-refractivity contribution is 0.0367. The van der Waals surface area contributed by atoms with Crippen LogP contribution in [-0.2, 0) is 10.0 Å². The van der Waals surface area contributed by atoms with Crippen molar-refractivity contribution >= 4 is 26.0 Å². The first kappa shape index (κ1) is 13.9. The summed E-state index contributed by atoms with van der Waals surface area (Å²) in [6.45, 7) is 0.436. The maximum Gasteiger partial charge on any atom is 0.244 e. The highest BCUT2D eigenvalue weighted by Gasteiger charge is 2.31. The van der Waals surface area contributed by atoms with Gasteiger partial charge in [0.05, 0.1) is 6.10 Å². The lowest BCUT2D eigenvalue weighted by Gasteiger charge is -2.34. The van der Waals surface area contributed by atoms with Gasteiger partial charge in [0, 0.05) is 30.5 Å². The Kier molecular flexibility index (Phi) is 4.05. The van der Waals surface area contributed by atoms with E-state index in [0.29, 0.717) is 23.9 Å². The summed E-state index contributed by atoms with van der Waals surface area (Å²) in [6, 6.07) is 1.54. The molecule has 1 aliphatic carbocycles. The molecule has 1 fully saturated rings. The van der Waals surface area contributed by atoms with E-state index in [9.17, 15) is 13.5 Å². The monoisotopic (exact) mass is 334 g/mol. The summed E-state index contributed by atoms with van der Waals surface area (Å²) in [5.74, 6) is 0.250. The van der Waals surface area contributed by atoms with Crippen molar-refractivity contribution in [2.75, 3.05) is 13.6 Å². The Bertz CT molecular complexity index is 529. The van der Waals surface area contributed by atoms with Gasteiger partial charge >= 0.3 is 0 Å². The molecule has 5 nitrogen and oxygen atoms in total. The molecule has 0 saturated heterocycles. The molecule has 0 amide bonds. The first-order valence-electron chi connectivity index (χ1n) is 5.64. The fourth-order valence-electron chi connectivity index (χ4n) is 2.02. The SMILES string of the molecule is CN(CC1CC(O)C1)S(=O)(=O)c1cncc(Br)c1. The molecule has 0 aromatic carbocycles. The van der Waals surface area contributed by atoms with E-state index < -0.39 is 10.0 Å². The summed E-state index contributed by atoms with van der Waals surface area (Å²) in [5.41, 5.74) is 0. The third-order valence-corrected chi connectivity index (χ3v) is 5.34. The number of hydrogen-bond acceptors (Lipinski definition) is 4. The number of sulfonamides is 1. The molecule has 0 radical (unpaired) electrons. The van der Waals surface area contributed by atoms with Crippen molar-refractivity contribution < 1.29 is 13.5 Å². The first-order chi connectivity index (χ1) is 8.39. The van der Waals surface area contributed by atoms with Gasteiger partial charge in [-0.2, -0.15) is 0 Å².